The van der Waals surface area contributed by atoms with E-state index in [2.05, 4.69) is 39.7 Å². The predicted octanol–water partition coefficient (Wildman–Crippen LogP) is 3.92. The minimum atomic E-state index is 0.527. The lowest BCUT2D eigenvalue weighted by Crippen LogP contribution is -1.95. The second-order valence-corrected chi connectivity index (χ2v) is 4.94. The topological polar surface area (TPSA) is 22.1 Å². The van der Waals surface area contributed by atoms with Gasteiger partial charge in [0.25, 0.3) is 0 Å². The van der Waals surface area contributed by atoms with Gasteiger partial charge in [-0.2, -0.15) is 0 Å². The van der Waals surface area contributed by atoms with Crippen LogP contribution in [0.4, 0.5) is 0 Å². The van der Waals surface area contributed by atoms with Gasteiger partial charge in [0.2, 0.25) is 0 Å². The summed E-state index contributed by atoms with van der Waals surface area (Å²) in [6, 6.07) is 9.94. The Hall–Kier alpha value is -0.810. The summed E-state index contributed by atoms with van der Waals surface area (Å²) >= 11 is 8.08. The lowest BCUT2D eigenvalue weighted by Gasteiger charge is -2.05. The fourth-order valence-corrected chi connectivity index (χ4v) is 1.74. The van der Waals surface area contributed by atoms with Crippen molar-refractivity contribution in [3.05, 3.63) is 56.9 Å². The summed E-state index contributed by atoms with van der Waals surface area (Å²) in [5.41, 5.74) is 1.13. The first-order valence-corrected chi connectivity index (χ1v) is 6.17. The van der Waals surface area contributed by atoms with Gasteiger partial charge < -0.3 is 4.74 Å². The van der Waals surface area contributed by atoms with Crippen molar-refractivity contribution in [3.8, 4) is 5.75 Å². The number of hydrogen-bond donors (Lipinski definition) is 0. The van der Waals surface area contributed by atoms with Gasteiger partial charge in [0.1, 0.15) is 12.4 Å². The van der Waals surface area contributed by atoms with Crippen LogP contribution in [0.25, 0.3) is 0 Å². The van der Waals surface area contributed by atoms with E-state index in [9.17, 15) is 0 Å². The van der Waals surface area contributed by atoms with Crippen molar-refractivity contribution in [2.45, 2.75) is 6.61 Å². The summed E-state index contributed by atoms with van der Waals surface area (Å²) < 4.78 is 6.78. The second-order valence-electron chi connectivity index (χ2n) is 3.25. The van der Waals surface area contributed by atoms with Gasteiger partial charge in [-0.3, -0.25) is 4.98 Å². The van der Waals surface area contributed by atoms with E-state index in [0.29, 0.717) is 17.4 Å². The summed E-state index contributed by atoms with van der Waals surface area (Å²) in [6.45, 7) is 0.527. The second kappa shape index (κ2) is 5.50. The molecule has 0 spiro atoms. The highest BCUT2D eigenvalue weighted by atomic mass is 127. The number of ether oxygens (including phenoxy) is 1. The van der Waals surface area contributed by atoms with Gasteiger partial charge in [-0.1, -0.05) is 23.7 Å². The molecule has 4 heteroatoms. The Morgan fingerprint density at radius 3 is 2.62 bits per heavy atom. The van der Waals surface area contributed by atoms with E-state index in [1.807, 2.05) is 12.1 Å². The molecule has 0 aliphatic carbocycles. The van der Waals surface area contributed by atoms with Crippen LogP contribution in [-0.4, -0.2) is 4.98 Å². The monoisotopic (exact) mass is 345 g/mol. The molecule has 0 unspecified atom stereocenters. The van der Waals surface area contributed by atoms with E-state index in [-0.39, 0.29) is 0 Å². The molecule has 1 aromatic carbocycles. The fraction of sp³-hybridized carbons (Fsp3) is 0.0833. The van der Waals surface area contributed by atoms with Crippen LogP contribution in [0.5, 0.6) is 5.75 Å². The molecule has 2 nitrogen and oxygen atoms in total. The van der Waals surface area contributed by atoms with E-state index < -0.39 is 0 Å². The van der Waals surface area contributed by atoms with Gasteiger partial charge in [-0.25, -0.2) is 0 Å². The summed E-state index contributed by atoms with van der Waals surface area (Å²) in [5, 5.41) is 0.583. The van der Waals surface area contributed by atoms with E-state index in [1.165, 1.54) is 3.57 Å². The molecule has 82 valence electrons. The van der Waals surface area contributed by atoms with Crippen molar-refractivity contribution < 1.29 is 4.74 Å². The SMILES string of the molecule is Clc1cncc(OCc2ccc(I)cc2)c1. The van der Waals surface area contributed by atoms with E-state index >= 15 is 0 Å². The van der Waals surface area contributed by atoms with E-state index in [4.69, 9.17) is 16.3 Å². The number of aromatic nitrogens is 1. The van der Waals surface area contributed by atoms with Gasteiger partial charge in [0.05, 0.1) is 11.2 Å². The molecule has 0 radical (unpaired) electrons. The molecule has 0 atom stereocenters. The number of rotatable bonds is 3. The quantitative estimate of drug-likeness (QED) is 0.787. The van der Waals surface area contributed by atoms with Gasteiger partial charge in [0.15, 0.2) is 0 Å². The minimum absolute atomic E-state index is 0.527. The van der Waals surface area contributed by atoms with Crippen molar-refractivity contribution in [2.24, 2.45) is 0 Å². The normalized spacial score (nSPS) is 10.1. The maximum Gasteiger partial charge on any atom is 0.139 e. The van der Waals surface area contributed by atoms with Crippen molar-refractivity contribution in [3.63, 3.8) is 0 Å². The zero-order valence-electron chi connectivity index (χ0n) is 8.36. The molecule has 16 heavy (non-hydrogen) atoms. The average Bonchev–Trinajstić information content (AvgIpc) is 2.28. The number of halogens is 2. The Labute approximate surface area is 113 Å². The molecule has 1 heterocycles. The highest BCUT2D eigenvalue weighted by Gasteiger charge is 1.97. The molecule has 2 rings (SSSR count). The molecule has 0 N–H and O–H groups in total. The Bertz CT molecular complexity index is 473. The smallest absolute Gasteiger partial charge is 0.139 e. The molecule has 0 saturated carbocycles. The lowest BCUT2D eigenvalue weighted by atomic mass is 10.2. The van der Waals surface area contributed by atoms with Crippen LogP contribution in [0, 0.1) is 3.57 Å². The highest BCUT2D eigenvalue weighted by molar-refractivity contribution is 14.1. The largest absolute Gasteiger partial charge is 0.487 e. The maximum absolute atomic E-state index is 5.80. The number of benzene rings is 1. The van der Waals surface area contributed by atoms with Crippen LogP contribution >= 0.6 is 34.2 Å². The highest BCUT2D eigenvalue weighted by Crippen LogP contribution is 2.16. The number of hydrogen-bond acceptors (Lipinski definition) is 2. The number of pyridine rings is 1. The molecule has 2 aromatic rings. The van der Waals surface area contributed by atoms with Crippen molar-refractivity contribution in [2.75, 3.05) is 0 Å². The van der Waals surface area contributed by atoms with Gasteiger partial charge >= 0.3 is 0 Å². The first kappa shape index (κ1) is 11.7. The maximum atomic E-state index is 5.80. The lowest BCUT2D eigenvalue weighted by molar-refractivity contribution is 0.305. The summed E-state index contributed by atoms with van der Waals surface area (Å²) in [5.74, 6) is 0.686. The van der Waals surface area contributed by atoms with Gasteiger partial charge in [-0.05, 0) is 40.3 Å². The average molecular weight is 346 g/mol. The van der Waals surface area contributed by atoms with Crippen molar-refractivity contribution in [1.29, 1.82) is 0 Å². The van der Waals surface area contributed by atoms with Crippen LogP contribution in [0.3, 0.4) is 0 Å². The van der Waals surface area contributed by atoms with Crippen LogP contribution in [0.2, 0.25) is 5.02 Å². The zero-order chi connectivity index (χ0) is 11.4. The molecular formula is C12H9ClINO. The van der Waals surface area contributed by atoms with Crippen LogP contribution in [-0.2, 0) is 6.61 Å². The van der Waals surface area contributed by atoms with Gasteiger partial charge in [-0.15, -0.1) is 0 Å². The molecule has 0 fully saturated rings. The first-order chi connectivity index (χ1) is 7.74. The summed E-state index contributed by atoms with van der Waals surface area (Å²) in [6.07, 6.45) is 3.23. The van der Waals surface area contributed by atoms with Crippen molar-refractivity contribution >= 4 is 34.2 Å². The van der Waals surface area contributed by atoms with Gasteiger partial charge in [0, 0.05) is 15.8 Å². The molecular weight excluding hydrogens is 336 g/mol. The molecule has 0 aliphatic rings. The third-order valence-corrected chi connectivity index (χ3v) is 2.92. The predicted molar refractivity (Wildman–Crippen MR) is 72.7 cm³/mol. The van der Waals surface area contributed by atoms with Crippen LogP contribution in [0.15, 0.2) is 42.7 Å². The molecule has 0 aliphatic heterocycles. The first-order valence-electron chi connectivity index (χ1n) is 4.72. The Morgan fingerprint density at radius 2 is 1.94 bits per heavy atom. The number of nitrogens with zero attached hydrogens (tertiary/aromatic N) is 1. The van der Waals surface area contributed by atoms with Crippen LogP contribution in [0.1, 0.15) is 5.56 Å². The third-order valence-electron chi connectivity index (χ3n) is 2.00. The molecule has 0 saturated heterocycles. The minimum Gasteiger partial charge on any atom is -0.487 e. The standard InChI is InChI=1S/C12H9ClINO/c13-10-5-12(7-15-6-10)16-8-9-1-3-11(14)4-2-9/h1-7H,8H2. The van der Waals surface area contributed by atoms with E-state index in [0.717, 1.165) is 5.56 Å². The zero-order valence-corrected chi connectivity index (χ0v) is 11.3. The summed E-state index contributed by atoms with van der Waals surface area (Å²) in [4.78, 5) is 3.95. The molecule has 0 bridgehead atoms. The molecule has 1 aromatic heterocycles. The Morgan fingerprint density at radius 1 is 1.19 bits per heavy atom. The Balaban J connectivity index is 1.99. The fourth-order valence-electron chi connectivity index (χ4n) is 1.22. The Kier molecular flexibility index (Phi) is 4.01. The third kappa shape index (κ3) is 3.35. The van der Waals surface area contributed by atoms with E-state index in [1.54, 1.807) is 18.5 Å². The molecule has 0 amide bonds. The van der Waals surface area contributed by atoms with Crippen LogP contribution < -0.4 is 4.74 Å². The summed E-state index contributed by atoms with van der Waals surface area (Å²) in [7, 11) is 0. The van der Waals surface area contributed by atoms with Crippen molar-refractivity contribution in [1.82, 2.24) is 4.98 Å².